The van der Waals surface area contributed by atoms with Gasteiger partial charge < -0.3 is 9.52 Å². The van der Waals surface area contributed by atoms with Gasteiger partial charge in [0.15, 0.2) is 5.78 Å². The number of allylic oxidation sites excluding steroid dienone is 2. The van der Waals surface area contributed by atoms with Crippen LogP contribution in [0.4, 0.5) is 0 Å². The van der Waals surface area contributed by atoms with Gasteiger partial charge in [-0.25, -0.2) is 0 Å². The minimum Gasteiger partial charge on any atom is -0.512 e. The second-order valence-corrected chi connectivity index (χ2v) is 19.5. The van der Waals surface area contributed by atoms with Crippen LogP contribution in [-0.2, 0) is 30.3 Å². The maximum absolute atomic E-state index is 11.7. The number of benzene rings is 3. The van der Waals surface area contributed by atoms with Gasteiger partial charge in [0.2, 0.25) is 0 Å². The molecule has 0 unspecified atom stereocenters. The molecule has 251 valence electrons. The summed E-state index contributed by atoms with van der Waals surface area (Å²) in [5.74, 6) is 0.547. The summed E-state index contributed by atoms with van der Waals surface area (Å²) in [6.45, 7) is 22.0. The zero-order valence-corrected chi connectivity index (χ0v) is 33.1. The maximum atomic E-state index is 11.7. The summed E-state index contributed by atoms with van der Waals surface area (Å²) < 4.78 is 6.68. The number of aryl methyl sites for hydroxylation is 1. The smallest absolute Gasteiger partial charge is 0.162 e. The molecule has 2 aromatic heterocycles. The Labute approximate surface area is 295 Å². The Kier molecular flexibility index (Phi) is 11.1. The second kappa shape index (κ2) is 14.2. The van der Waals surface area contributed by atoms with E-state index in [-0.39, 0.29) is 48.9 Å². The predicted molar refractivity (Wildman–Crippen MR) is 197 cm³/mol. The van der Waals surface area contributed by atoms with Crippen LogP contribution in [0, 0.1) is 24.8 Å². The first-order valence-electron chi connectivity index (χ1n) is 17.0. The molecule has 5 aromatic rings. The molecule has 6 rings (SSSR count). The number of carbonyl (C=O) groups excluding carboxylic acids is 1. The number of pyridine rings is 1. The third-order valence-corrected chi connectivity index (χ3v) is 12.1. The number of aliphatic hydroxyl groups is 1. The Morgan fingerprint density at radius 2 is 1.57 bits per heavy atom. The summed E-state index contributed by atoms with van der Waals surface area (Å²) in [6.07, 6.45) is 4.91. The van der Waals surface area contributed by atoms with Crippen molar-refractivity contribution in [1.82, 2.24) is 4.98 Å². The van der Waals surface area contributed by atoms with Gasteiger partial charge in [0.05, 0.1) is 24.9 Å². The molecule has 1 aliphatic rings. The summed E-state index contributed by atoms with van der Waals surface area (Å²) in [4.78, 5) is 16.9. The van der Waals surface area contributed by atoms with E-state index in [0.29, 0.717) is 0 Å². The van der Waals surface area contributed by atoms with Crippen LogP contribution >= 0.6 is 0 Å². The third-order valence-electron chi connectivity index (χ3n) is 10.1. The van der Waals surface area contributed by atoms with Gasteiger partial charge in [-0.2, -0.15) is 0 Å². The number of furan rings is 1. The Balaban J connectivity index is 0.000000269. The number of carbonyl (C=O) groups is 1. The van der Waals surface area contributed by atoms with Gasteiger partial charge in [-0.05, 0) is 59.0 Å². The Morgan fingerprint density at radius 3 is 2.19 bits per heavy atom. The van der Waals surface area contributed by atoms with Crippen LogP contribution in [0.3, 0.4) is 0 Å². The van der Waals surface area contributed by atoms with Gasteiger partial charge in [-0.1, -0.05) is 121 Å². The Morgan fingerprint density at radius 1 is 0.936 bits per heavy atom. The number of nitrogens with zero attached hydrogens (tertiary/aromatic N) is 1. The van der Waals surface area contributed by atoms with Crippen molar-refractivity contribution in [2.45, 2.75) is 99.2 Å². The fraction of sp³-hybridized carbons (Fsp3) is 0.415. The third kappa shape index (κ3) is 6.66. The van der Waals surface area contributed by atoms with Gasteiger partial charge in [0.25, 0.3) is 0 Å². The first-order valence-corrected chi connectivity index (χ1v) is 20.5. The number of hydrogen-bond donors (Lipinski definition) is 1. The maximum Gasteiger partial charge on any atom is 0.162 e. The van der Waals surface area contributed by atoms with Gasteiger partial charge in [0, 0.05) is 43.4 Å². The van der Waals surface area contributed by atoms with Crippen LogP contribution in [-0.4, -0.2) is 23.9 Å². The van der Waals surface area contributed by atoms with E-state index in [0.717, 1.165) is 59.2 Å². The molecule has 0 atom stereocenters. The summed E-state index contributed by atoms with van der Waals surface area (Å²) >= 11 is 0. The molecule has 6 heteroatoms. The zero-order valence-electron chi connectivity index (χ0n) is 29.7. The van der Waals surface area contributed by atoms with Crippen molar-refractivity contribution >= 4 is 51.9 Å². The molecule has 0 saturated heterocycles. The molecule has 0 spiro atoms. The summed E-state index contributed by atoms with van der Waals surface area (Å²) in [7, 11) is -1.60. The second-order valence-electron chi connectivity index (χ2n) is 14.5. The Bertz CT molecular complexity index is 1960. The molecular weight excluding hydrogens is 775 g/mol. The van der Waals surface area contributed by atoms with Crippen LogP contribution in [0.15, 0.2) is 64.8 Å². The molecular formula is C41H50IrNO3Si-. The zero-order chi connectivity index (χ0) is 33.6. The fourth-order valence-electron chi connectivity index (χ4n) is 7.04. The van der Waals surface area contributed by atoms with Crippen LogP contribution in [0.1, 0.15) is 83.9 Å². The van der Waals surface area contributed by atoms with Gasteiger partial charge in [-0.15, -0.1) is 17.7 Å². The summed E-state index contributed by atoms with van der Waals surface area (Å²) in [5.41, 5.74) is 8.67. The molecule has 0 amide bonds. The Hall–Kier alpha value is -3.05. The van der Waals surface area contributed by atoms with E-state index in [1.54, 1.807) is 0 Å². The topological polar surface area (TPSA) is 63.3 Å². The van der Waals surface area contributed by atoms with E-state index in [1.807, 2.05) is 27.7 Å². The molecule has 0 saturated carbocycles. The molecule has 3 aromatic carbocycles. The molecule has 2 heterocycles. The normalized spacial score (nSPS) is 13.9. The van der Waals surface area contributed by atoms with Crippen molar-refractivity contribution < 1.29 is 34.4 Å². The minimum atomic E-state index is -1.60. The number of aliphatic hydroxyl groups excluding tert-OH is 1. The average molecular weight is 825 g/mol. The molecule has 4 nitrogen and oxygen atoms in total. The molecule has 0 aliphatic heterocycles. The van der Waals surface area contributed by atoms with Crippen LogP contribution in [0.5, 0.6) is 0 Å². The summed E-state index contributed by atoms with van der Waals surface area (Å²) in [6, 6.07) is 21.1. The molecule has 0 bridgehead atoms. The van der Waals surface area contributed by atoms with E-state index < -0.39 is 8.07 Å². The molecule has 0 fully saturated rings. The van der Waals surface area contributed by atoms with E-state index in [9.17, 15) is 9.90 Å². The number of aromatic nitrogens is 1. The van der Waals surface area contributed by atoms with Crippen molar-refractivity contribution in [2.75, 3.05) is 0 Å². The van der Waals surface area contributed by atoms with Crippen LogP contribution in [0.2, 0.25) is 19.6 Å². The average Bonchev–Trinajstić information content (AvgIpc) is 3.39. The minimum absolute atomic E-state index is 0. The first kappa shape index (κ1) is 36.8. The molecule has 1 N–H and O–H groups in total. The van der Waals surface area contributed by atoms with Crippen molar-refractivity contribution in [3.63, 3.8) is 0 Å². The van der Waals surface area contributed by atoms with E-state index in [1.165, 1.54) is 38.5 Å². The predicted octanol–water partition coefficient (Wildman–Crippen LogP) is 11.0. The number of hydrogen-bond acceptors (Lipinski definition) is 4. The van der Waals surface area contributed by atoms with Gasteiger partial charge in [-0.3, -0.25) is 9.78 Å². The largest absolute Gasteiger partial charge is 0.512 e. The molecule has 1 aliphatic carbocycles. The quantitative estimate of drug-likeness (QED) is 0.0733. The molecule has 1 radical (unpaired) electrons. The van der Waals surface area contributed by atoms with Gasteiger partial charge in [0.1, 0.15) is 5.58 Å². The number of ketones is 1. The van der Waals surface area contributed by atoms with Crippen LogP contribution < -0.4 is 5.19 Å². The SMILES string of the molecule is CCC(CC)C(=O)/C=C(\O)C(CC)CC.Cc1c[c-]c2c3c1oc1c([Si](C)(C)C)ccc(c13)C(C)(C)c1cc3ccccc3nc1-2.[Ir]. The number of rotatable bonds is 8. The number of fused-ring (bicyclic) bond motifs is 3. The monoisotopic (exact) mass is 825 g/mol. The van der Waals surface area contributed by atoms with Gasteiger partial charge >= 0.3 is 0 Å². The molecule has 47 heavy (non-hydrogen) atoms. The fourth-order valence-corrected chi connectivity index (χ4v) is 8.48. The van der Waals surface area contributed by atoms with E-state index in [4.69, 9.17) is 9.40 Å². The first-order chi connectivity index (χ1) is 21.8. The summed E-state index contributed by atoms with van der Waals surface area (Å²) in [5, 5.41) is 14.8. The van der Waals surface area contributed by atoms with Crippen molar-refractivity contribution in [3.05, 3.63) is 83.1 Å². The van der Waals surface area contributed by atoms with Crippen molar-refractivity contribution in [2.24, 2.45) is 11.8 Å². The van der Waals surface area contributed by atoms with Crippen molar-refractivity contribution in [1.29, 1.82) is 0 Å². The van der Waals surface area contributed by atoms with E-state index in [2.05, 4.69) is 95.0 Å². The van der Waals surface area contributed by atoms with E-state index >= 15 is 0 Å². The standard InChI is InChI=1S/C28H26NOSi.C13H24O2.Ir/c1-16-11-12-18-23-24-19(13-14-22(31(4,5)6)27(24)30-26(16)23)28(2,3)20-15-17-9-7-8-10-21(17)29-25(18)20;1-5-10(6-2)12(14)9-13(15)11(7-3)8-4;/h7-11,13-15H,1-6H3;9-11,14H,5-8H2,1-4H3;/q-1;;/b;12-9-;. The van der Waals surface area contributed by atoms with Crippen molar-refractivity contribution in [3.8, 4) is 11.3 Å². The number of para-hydroxylation sites is 1. The van der Waals surface area contributed by atoms with Crippen LogP contribution in [0.25, 0.3) is 44.1 Å².